The largest absolute Gasteiger partial charge is 0.324 e. The van der Waals surface area contributed by atoms with E-state index in [-0.39, 0.29) is 11.6 Å². The maximum absolute atomic E-state index is 11.3. The Morgan fingerprint density at radius 1 is 1.43 bits per heavy atom. The second-order valence-corrected chi connectivity index (χ2v) is 5.84. The van der Waals surface area contributed by atoms with E-state index < -0.39 is 10.2 Å². The zero-order valence-corrected chi connectivity index (χ0v) is 9.52. The van der Waals surface area contributed by atoms with Crippen molar-refractivity contribution in [3.8, 4) is 0 Å². The number of nitrogens with two attached hydrogens (primary N) is 1. The first kappa shape index (κ1) is 11.9. The Hall–Kier alpha value is -0.170. The van der Waals surface area contributed by atoms with Crippen LogP contribution in [0.2, 0.25) is 0 Å². The van der Waals surface area contributed by atoms with E-state index in [1.807, 2.05) is 0 Å². The van der Waals surface area contributed by atoms with Gasteiger partial charge in [0, 0.05) is 18.1 Å². The van der Waals surface area contributed by atoms with Crippen LogP contribution in [-0.4, -0.2) is 26.5 Å². The third-order valence-electron chi connectivity index (χ3n) is 2.35. The maximum Gasteiger partial charge on any atom is 0.277 e. The summed E-state index contributed by atoms with van der Waals surface area (Å²) in [6, 6.07) is -0.0948. The lowest BCUT2D eigenvalue weighted by Crippen LogP contribution is -2.56. The van der Waals surface area contributed by atoms with Gasteiger partial charge in [-0.2, -0.15) is 13.1 Å². The second kappa shape index (κ2) is 4.14. The summed E-state index contributed by atoms with van der Waals surface area (Å²) >= 11 is 0. The summed E-state index contributed by atoms with van der Waals surface area (Å²) in [6.07, 6.45) is 2.89. The van der Waals surface area contributed by atoms with Crippen LogP contribution in [0.1, 0.15) is 33.1 Å². The van der Waals surface area contributed by atoms with Gasteiger partial charge in [-0.15, -0.1) is 0 Å². The average Bonchev–Trinajstić information content (AvgIpc) is 1.95. The molecule has 0 radical (unpaired) electrons. The molecule has 0 aromatic carbocycles. The first-order valence-corrected chi connectivity index (χ1v) is 6.37. The molecule has 1 rings (SSSR count). The Kier molecular flexibility index (Phi) is 3.52. The van der Waals surface area contributed by atoms with Crippen molar-refractivity contribution in [1.29, 1.82) is 0 Å². The first-order valence-electron chi connectivity index (χ1n) is 4.89. The predicted octanol–water partition coefficient (Wildman–Crippen LogP) is -0.300. The molecular weight excluding hydrogens is 202 g/mol. The average molecular weight is 221 g/mol. The minimum atomic E-state index is -3.37. The van der Waals surface area contributed by atoms with Crippen LogP contribution in [0.25, 0.3) is 0 Å². The van der Waals surface area contributed by atoms with E-state index in [4.69, 9.17) is 5.73 Å². The lowest BCUT2D eigenvalue weighted by molar-refractivity contribution is 0.250. The Labute approximate surface area is 85.6 Å². The summed E-state index contributed by atoms with van der Waals surface area (Å²) in [5.41, 5.74) is 5.57. The fourth-order valence-corrected chi connectivity index (χ4v) is 2.58. The minimum Gasteiger partial charge on any atom is -0.324 e. The summed E-state index contributed by atoms with van der Waals surface area (Å²) in [6.45, 7) is 3.89. The quantitative estimate of drug-likeness (QED) is 0.596. The van der Waals surface area contributed by atoms with Crippen molar-refractivity contribution in [3.05, 3.63) is 0 Å². The van der Waals surface area contributed by atoms with E-state index in [0.717, 1.165) is 19.3 Å². The summed E-state index contributed by atoms with van der Waals surface area (Å²) in [5, 5.41) is 0. The molecule has 1 aliphatic carbocycles. The van der Waals surface area contributed by atoms with Crippen LogP contribution in [0.5, 0.6) is 0 Å². The van der Waals surface area contributed by atoms with Gasteiger partial charge < -0.3 is 5.73 Å². The summed E-state index contributed by atoms with van der Waals surface area (Å²) in [5.74, 6) is 0. The summed E-state index contributed by atoms with van der Waals surface area (Å²) < 4.78 is 27.6. The molecule has 5 nitrogen and oxygen atoms in total. The molecule has 14 heavy (non-hydrogen) atoms. The Morgan fingerprint density at radius 3 is 2.36 bits per heavy atom. The van der Waals surface area contributed by atoms with Gasteiger partial charge in [0.15, 0.2) is 0 Å². The van der Waals surface area contributed by atoms with Crippen LogP contribution in [0.15, 0.2) is 0 Å². The highest BCUT2D eigenvalue weighted by Crippen LogP contribution is 2.28. The zero-order chi connectivity index (χ0) is 10.8. The van der Waals surface area contributed by atoms with Crippen molar-refractivity contribution in [3.63, 3.8) is 0 Å². The molecule has 0 atom stereocenters. The van der Waals surface area contributed by atoms with Gasteiger partial charge in [-0.1, -0.05) is 0 Å². The van der Waals surface area contributed by atoms with Crippen LogP contribution in [0.4, 0.5) is 0 Å². The first-order chi connectivity index (χ1) is 6.33. The summed E-state index contributed by atoms with van der Waals surface area (Å²) in [7, 11) is -3.37. The van der Waals surface area contributed by atoms with Gasteiger partial charge in [0.05, 0.1) is 0 Å². The Balaban J connectivity index is 2.36. The van der Waals surface area contributed by atoms with E-state index in [1.165, 1.54) is 0 Å². The van der Waals surface area contributed by atoms with Crippen molar-refractivity contribution in [2.45, 2.75) is 44.7 Å². The van der Waals surface area contributed by atoms with Crippen LogP contribution in [0, 0.1) is 0 Å². The molecule has 0 aromatic rings. The molecule has 0 aliphatic heterocycles. The van der Waals surface area contributed by atoms with E-state index >= 15 is 0 Å². The van der Waals surface area contributed by atoms with Crippen molar-refractivity contribution >= 4 is 10.2 Å². The molecule has 4 N–H and O–H groups in total. The molecule has 0 amide bonds. The molecular formula is C8H19N3O2S. The van der Waals surface area contributed by atoms with E-state index in [0.29, 0.717) is 6.54 Å². The third-order valence-corrected chi connectivity index (χ3v) is 3.66. The minimum absolute atomic E-state index is 0.0948. The molecule has 0 aromatic heterocycles. The SMILES string of the molecule is CC(C)NS(=O)(=O)NCC1(N)CCC1. The van der Waals surface area contributed by atoms with Crippen LogP contribution < -0.4 is 15.2 Å². The van der Waals surface area contributed by atoms with E-state index in [2.05, 4.69) is 9.44 Å². The van der Waals surface area contributed by atoms with Gasteiger partial charge in [0.1, 0.15) is 0 Å². The number of rotatable bonds is 5. The van der Waals surface area contributed by atoms with Crippen LogP contribution >= 0.6 is 0 Å². The van der Waals surface area contributed by atoms with Gasteiger partial charge in [-0.05, 0) is 33.1 Å². The predicted molar refractivity (Wildman–Crippen MR) is 56.0 cm³/mol. The van der Waals surface area contributed by atoms with E-state index in [9.17, 15) is 8.42 Å². The van der Waals surface area contributed by atoms with Crippen molar-refractivity contribution < 1.29 is 8.42 Å². The highest BCUT2D eigenvalue weighted by molar-refractivity contribution is 7.87. The molecule has 0 unspecified atom stereocenters. The van der Waals surface area contributed by atoms with Gasteiger partial charge in [0.2, 0.25) is 0 Å². The zero-order valence-electron chi connectivity index (χ0n) is 8.71. The molecule has 0 heterocycles. The van der Waals surface area contributed by atoms with Gasteiger partial charge in [-0.3, -0.25) is 0 Å². The van der Waals surface area contributed by atoms with Gasteiger partial charge in [0.25, 0.3) is 10.2 Å². The monoisotopic (exact) mass is 221 g/mol. The van der Waals surface area contributed by atoms with Gasteiger partial charge >= 0.3 is 0 Å². The fourth-order valence-electron chi connectivity index (χ4n) is 1.40. The number of hydrogen-bond acceptors (Lipinski definition) is 3. The highest BCUT2D eigenvalue weighted by atomic mass is 32.2. The Bertz CT molecular complexity index is 283. The van der Waals surface area contributed by atoms with Crippen molar-refractivity contribution in [2.24, 2.45) is 5.73 Å². The molecule has 0 bridgehead atoms. The van der Waals surface area contributed by atoms with Gasteiger partial charge in [-0.25, -0.2) is 4.72 Å². The molecule has 84 valence electrons. The smallest absolute Gasteiger partial charge is 0.277 e. The number of hydrogen-bond donors (Lipinski definition) is 3. The molecule has 1 aliphatic rings. The second-order valence-electron chi connectivity index (χ2n) is 4.31. The summed E-state index contributed by atoms with van der Waals surface area (Å²) in [4.78, 5) is 0. The number of nitrogens with one attached hydrogen (secondary N) is 2. The van der Waals surface area contributed by atoms with Crippen LogP contribution in [0.3, 0.4) is 0 Å². The molecule has 0 spiro atoms. The highest BCUT2D eigenvalue weighted by Gasteiger charge is 2.33. The lowest BCUT2D eigenvalue weighted by atomic mass is 9.78. The normalized spacial score (nSPS) is 20.9. The molecule has 1 saturated carbocycles. The third kappa shape index (κ3) is 3.53. The van der Waals surface area contributed by atoms with Crippen LogP contribution in [-0.2, 0) is 10.2 Å². The molecule has 0 saturated heterocycles. The lowest BCUT2D eigenvalue weighted by Gasteiger charge is -2.38. The maximum atomic E-state index is 11.3. The van der Waals surface area contributed by atoms with Crippen molar-refractivity contribution in [2.75, 3.05) is 6.54 Å². The van der Waals surface area contributed by atoms with Crippen molar-refractivity contribution in [1.82, 2.24) is 9.44 Å². The standard InChI is InChI=1S/C8H19N3O2S/c1-7(2)11-14(12,13)10-6-8(9)4-3-5-8/h7,10-11H,3-6,9H2,1-2H3. The Morgan fingerprint density at radius 2 is 2.00 bits per heavy atom. The van der Waals surface area contributed by atoms with E-state index in [1.54, 1.807) is 13.8 Å². The molecule has 1 fully saturated rings. The topological polar surface area (TPSA) is 84.2 Å². The fraction of sp³-hybridized carbons (Fsp3) is 1.00. The molecule has 6 heteroatoms.